The third-order valence-corrected chi connectivity index (χ3v) is 3.37. The van der Waals surface area contributed by atoms with Crippen LogP contribution >= 0.6 is 11.3 Å². The highest BCUT2D eigenvalue weighted by atomic mass is 32.1. The lowest BCUT2D eigenvalue weighted by Gasteiger charge is -1.99. The summed E-state index contributed by atoms with van der Waals surface area (Å²) in [6.07, 6.45) is 0.684. The highest BCUT2D eigenvalue weighted by Gasteiger charge is 2.11. The van der Waals surface area contributed by atoms with Crippen LogP contribution in [0, 0.1) is 18.6 Å². The second-order valence-corrected chi connectivity index (χ2v) is 5.00. The molecule has 0 aliphatic carbocycles. The fraction of sp³-hybridized carbons (Fsp3) is 0.250. The first kappa shape index (κ1) is 12.1. The average Bonchev–Trinajstić information content (AvgIpc) is 2.58. The third kappa shape index (κ3) is 2.68. The summed E-state index contributed by atoms with van der Waals surface area (Å²) >= 11 is 1.51. The number of hydrogen-bond donors (Lipinski definition) is 1. The number of nitrogens with zero attached hydrogens (tertiary/aromatic N) is 1. The molecular weight excluding hydrogens is 242 g/mol. The quantitative estimate of drug-likeness (QED) is 0.914. The summed E-state index contributed by atoms with van der Waals surface area (Å²) in [5.41, 5.74) is 6.56. The molecule has 0 aliphatic heterocycles. The van der Waals surface area contributed by atoms with E-state index in [9.17, 15) is 8.78 Å². The molecule has 2 aromatic rings. The van der Waals surface area contributed by atoms with Crippen molar-refractivity contribution >= 4 is 11.3 Å². The van der Waals surface area contributed by atoms with Crippen molar-refractivity contribution in [2.24, 2.45) is 5.73 Å². The summed E-state index contributed by atoms with van der Waals surface area (Å²) in [5, 5.41) is 0.893. The normalized spacial score (nSPS) is 10.8. The fourth-order valence-electron chi connectivity index (χ4n) is 1.64. The summed E-state index contributed by atoms with van der Waals surface area (Å²) in [6.45, 7) is 2.40. The molecule has 0 fully saturated rings. The molecule has 2 nitrogen and oxygen atoms in total. The molecule has 2 N–H and O–H groups in total. The van der Waals surface area contributed by atoms with Gasteiger partial charge < -0.3 is 5.73 Å². The lowest BCUT2D eigenvalue weighted by Crippen LogP contribution is -2.02. The maximum absolute atomic E-state index is 13.1. The third-order valence-electron chi connectivity index (χ3n) is 2.34. The molecule has 0 bridgehead atoms. The van der Waals surface area contributed by atoms with E-state index in [1.54, 1.807) is 0 Å². The minimum absolute atomic E-state index is 0.472. The Kier molecular flexibility index (Phi) is 3.49. The molecule has 1 aromatic carbocycles. The van der Waals surface area contributed by atoms with Gasteiger partial charge in [0.25, 0.3) is 0 Å². The zero-order chi connectivity index (χ0) is 12.4. The average molecular weight is 254 g/mol. The maximum Gasteiger partial charge on any atom is 0.126 e. The molecule has 0 spiro atoms. The van der Waals surface area contributed by atoms with E-state index in [0.29, 0.717) is 24.2 Å². The zero-order valence-electron chi connectivity index (χ0n) is 9.34. The minimum atomic E-state index is -0.590. The van der Waals surface area contributed by atoms with E-state index in [0.717, 1.165) is 16.0 Å². The van der Waals surface area contributed by atoms with Crippen molar-refractivity contribution in [2.75, 3.05) is 6.54 Å². The van der Waals surface area contributed by atoms with E-state index in [2.05, 4.69) is 4.98 Å². The first-order valence-corrected chi connectivity index (χ1v) is 6.04. The van der Waals surface area contributed by atoms with E-state index in [4.69, 9.17) is 5.73 Å². The Labute approximate surface area is 102 Å². The van der Waals surface area contributed by atoms with Gasteiger partial charge in [-0.3, -0.25) is 0 Å². The number of hydrogen-bond acceptors (Lipinski definition) is 3. The molecule has 0 aliphatic rings. The Bertz CT molecular complexity index is 517. The molecular formula is C12H12F2N2S. The van der Waals surface area contributed by atoms with Crippen LogP contribution in [0.4, 0.5) is 8.78 Å². The Morgan fingerprint density at radius 3 is 2.47 bits per heavy atom. The van der Waals surface area contributed by atoms with E-state index in [1.807, 2.05) is 6.92 Å². The van der Waals surface area contributed by atoms with Crippen molar-refractivity contribution in [1.82, 2.24) is 4.98 Å². The molecule has 0 radical (unpaired) electrons. The van der Waals surface area contributed by atoms with Crippen LogP contribution in [-0.4, -0.2) is 11.5 Å². The highest BCUT2D eigenvalue weighted by molar-refractivity contribution is 7.12. The molecule has 0 unspecified atom stereocenters. The number of halogens is 2. The molecule has 5 heteroatoms. The van der Waals surface area contributed by atoms with Gasteiger partial charge in [0.15, 0.2) is 0 Å². The number of rotatable bonds is 3. The number of benzene rings is 1. The number of thiazole rings is 1. The fourth-order valence-corrected chi connectivity index (χ4v) is 2.61. The van der Waals surface area contributed by atoms with Crippen LogP contribution in [0.1, 0.15) is 9.88 Å². The van der Waals surface area contributed by atoms with E-state index in [1.165, 1.54) is 23.5 Å². The van der Waals surface area contributed by atoms with Crippen molar-refractivity contribution in [2.45, 2.75) is 13.3 Å². The van der Waals surface area contributed by atoms with Crippen LogP contribution in [0.5, 0.6) is 0 Å². The minimum Gasteiger partial charge on any atom is -0.330 e. The van der Waals surface area contributed by atoms with Crippen LogP contribution in [0.3, 0.4) is 0 Å². The second kappa shape index (κ2) is 4.89. The van der Waals surface area contributed by atoms with Crippen LogP contribution in [-0.2, 0) is 6.42 Å². The van der Waals surface area contributed by atoms with Gasteiger partial charge in [0.2, 0.25) is 0 Å². The van der Waals surface area contributed by atoms with Crippen molar-refractivity contribution in [3.05, 3.63) is 39.7 Å². The first-order valence-electron chi connectivity index (χ1n) is 5.23. The smallest absolute Gasteiger partial charge is 0.126 e. The van der Waals surface area contributed by atoms with E-state index < -0.39 is 11.6 Å². The number of aromatic nitrogens is 1. The molecule has 0 saturated heterocycles. The molecule has 1 aromatic heterocycles. The summed E-state index contributed by atoms with van der Waals surface area (Å²) in [7, 11) is 0. The monoisotopic (exact) mass is 254 g/mol. The Morgan fingerprint density at radius 1 is 1.24 bits per heavy atom. The van der Waals surface area contributed by atoms with Crippen LogP contribution in [0.2, 0.25) is 0 Å². The van der Waals surface area contributed by atoms with Gasteiger partial charge in [-0.2, -0.15) is 0 Å². The molecule has 2 rings (SSSR count). The predicted molar refractivity (Wildman–Crippen MR) is 65.0 cm³/mol. The first-order chi connectivity index (χ1) is 8.10. The van der Waals surface area contributed by atoms with Gasteiger partial charge in [0.1, 0.15) is 11.6 Å². The molecule has 17 heavy (non-hydrogen) atoms. The van der Waals surface area contributed by atoms with Gasteiger partial charge in [0.05, 0.1) is 10.7 Å². The van der Waals surface area contributed by atoms with Gasteiger partial charge in [-0.25, -0.2) is 13.8 Å². The van der Waals surface area contributed by atoms with Crippen molar-refractivity contribution in [3.63, 3.8) is 0 Å². The Morgan fingerprint density at radius 2 is 1.88 bits per heavy atom. The number of aryl methyl sites for hydroxylation is 1. The lowest BCUT2D eigenvalue weighted by molar-refractivity contribution is 0.584. The van der Waals surface area contributed by atoms with Gasteiger partial charge in [-0.1, -0.05) is 0 Å². The molecule has 0 amide bonds. The molecule has 1 heterocycles. The zero-order valence-corrected chi connectivity index (χ0v) is 10.2. The topological polar surface area (TPSA) is 38.9 Å². The maximum atomic E-state index is 13.1. The highest BCUT2D eigenvalue weighted by Crippen LogP contribution is 2.28. The Hall–Kier alpha value is -1.33. The molecule has 0 atom stereocenters. The van der Waals surface area contributed by atoms with Crippen molar-refractivity contribution in [3.8, 4) is 11.3 Å². The Balaban J connectivity index is 2.44. The van der Waals surface area contributed by atoms with Crippen LogP contribution in [0.25, 0.3) is 11.3 Å². The summed E-state index contributed by atoms with van der Waals surface area (Å²) < 4.78 is 26.2. The van der Waals surface area contributed by atoms with Crippen molar-refractivity contribution in [1.29, 1.82) is 0 Å². The van der Waals surface area contributed by atoms with Crippen molar-refractivity contribution < 1.29 is 8.78 Å². The SMILES string of the molecule is Cc1sc(CCN)nc1-c1cc(F)cc(F)c1. The van der Waals surface area contributed by atoms with Gasteiger partial charge in [-0.15, -0.1) is 11.3 Å². The van der Waals surface area contributed by atoms with Gasteiger partial charge >= 0.3 is 0 Å². The van der Waals surface area contributed by atoms with E-state index >= 15 is 0 Å². The lowest BCUT2D eigenvalue weighted by atomic mass is 10.1. The molecule has 90 valence electrons. The second-order valence-electron chi connectivity index (χ2n) is 3.71. The summed E-state index contributed by atoms with van der Waals surface area (Å²) in [5.74, 6) is -1.18. The van der Waals surface area contributed by atoms with Gasteiger partial charge in [0, 0.05) is 22.9 Å². The number of nitrogens with two attached hydrogens (primary N) is 1. The van der Waals surface area contributed by atoms with Crippen LogP contribution in [0.15, 0.2) is 18.2 Å². The van der Waals surface area contributed by atoms with Gasteiger partial charge in [-0.05, 0) is 25.6 Å². The predicted octanol–water partition coefficient (Wildman–Crippen LogP) is 2.90. The summed E-state index contributed by atoms with van der Waals surface area (Å²) in [6, 6.07) is 3.43. The van der Waals surface area contributed by atoms with Crippen LogP contribution < -0.4 is 5.73 Å². The van der Waals surface area contributed by atoms with E-state index in [-0.39, 0.29) is 0 Å². The standard InChI is InChI=1S/C12H12F2N2S/c1-7-12(16-11(17-7)2-3-15)8-4-9(13)6-10(14)5-8/h4-6H,2-3,15H2,1H3. The molecule has 0 saturated carbocycles. The summed E-state index contributed by atoms with van der Waals surface area (Å²) in [4.78, 5) is 5.30. The largest absolute Gasteiger partial charge is 0.330 e.